The number of thioether (sulfide) groups is 1. The van der Waals surface area contributed by atoms with Crippen molar-refractivity contribution in [3.8, 4) is 11.4 Å². The van der Waals surface area contributed by atoms with Crippen LogP contribution in [0.5, 0.6) is 0 Å². The number of carbonyl (C=O) groups is 1. The quantitative estimate of drug-likeness (QED) is 0.456. The van der Waals surface area contributed by atoms with Gasteiger partial charge in [-0.2, -0.15) is 0 Å². The molecule has 164 valence electrons. The second-order valence-electron chi connectivity index (χ2n) is 8.11. The van der Waals surface area contributed by atoms with Crippen LogP contribution < -0.4 is 5.32 Å². The van der Waals surface area contributed by atoms with Gasteiger partial charge in [0.05, 0.1) is 11.8 Å². The number of nitrogens with zero attached hydrogens (tertiary/aromatic N) is 4. The SMILES string of the molecule is CCCn1c(SCC(=O)NC(C)c2ccc(CC(C)C)cc2)nnc1-c1ccncc1. The van der Waals surface area contributed by atoms with Crippen molar-refractivity contribution in [3.63, 3.8) is 0 Å². The Bertz CT molecular complexity index is 969. The Morgan fingerprint density at radius 3 is 2.42 bits per heavy atom. The third-order valence-electron chi connectivity index (χ3n) is 4.94. The standard InChI is InChI=1S/C24H31N5OS/c1-5-14-29-23(21-10-12-25-13-11-21)27-28-24(29)31-16-22(30)26-18(4)20-8-6-19(7-9-20)15-17(2)3/h6-13,17-18H,5,14-16H2,1-4H3,(H,26,30). The average molecular weight is 438 g/mol. The van der Waals surface area contributed by atoms with Crippen molar-refractivity contribution in [3.05, 3.63) is 59.9 Å². The molecule has 0 bridgehead atoms. The van der Waals surface area contributed by atoms with Crippen LogP contribution in [0.1, 0.15) is 51.3 Å². The Hall–Kier alpha value is -2.67. The van der Waals surface area contributed by atoms with Gasteiger partial charge < -0.3 is 9.88 Å². The third-order valence-corrected chi connectivity index (χ3v) is 5.90. The highest BCUT2D eigenvalue weighted by Gasteiger charge is 2.16. The molecule has 0 saturated heterocycles. The van der Waals surface area contributed by atoms with E-state index in [1.807, 2.05) is 19.1 Å². The summed E-state index contributed by atoms with van der Waals surface area (Å²) in [4.78, 5) is 16.6. The number of aromatic nitrogens is 4. The van der Waals surface area contributed by atoms with Gasteiger partial charge in [-0.25, -0.2) is 0 Å². The predicted octanol–water partition coefficient (Wildman–Crippen LogP) is 4.92. The number of rotatable bonds is 10. The number of hydrogen-bond donors (Lipinski definition) is 1. The van der Waals surface area contributed by atoms with Crippen molar-refractivity contribution in [2.45, 2.75) is 58.3 Å². The van der Waals surface area contributed by atoms with E-state index in [9.17, 15) is 4.79 Å². The first-order chi connectivity index (χ1) is 15.0. The number of benzene rings is 1. The molecular formula is C24H31N5OS. The Kier molecular flexibility index (Phi) is 8.23. The summed E-state index contributed by atoms with van der Waals surface area (Å²) in [6.45, 7) is 9.37. The molecule has 0 aliphatic rings. The van der Waals surface area contributed by atoms with E-state index in [0.717, 1.165) is 41.5 Å². The fraction of sp³-hybridized carbons (Fsp3) is 0.417. The van der Waals surface area contributed by atoms with Gasteiger partial charge in [-0.15, -0.1) is 10.2 Å². The molecular weight excluding hydrogens is 406 g/mol. The van der Waals surface area contributed by atoms with Gasteiger partial charge in [-0.3, -0.25) is 9.78 Å². The summed E-state index contributed by atoms with van der Waals surface area (Å²) in [5, 5.41) is 12.5. The molecule has 7 heteroatoms. The molecule has 0 saturated carbocycles. The van der Waals surface area contributed by atoms with Crippen LogP contribution in [0.15, 0.2) is 53.9 Å². The summed E-state index contributed by atoms with van der Waals surface area (Å²) in [5.74, 6) is 1.73. The minimum atomic E-state index is -0.0397. The maximum Gasteiger partial charge on any atom is 0.230 e. The van der Waals surface area contributed by atoms with Gasteiger partial charge in [0.1, 0.15) is 0 Å². The second-order valence-corrected chi connectivity index (χ2v) is 9.05. The molecule has 1 atom stereocenters. The summed E-state index contributed by atoms with van der Waals surface area (Å²) in [5.41, 5.74) is 3.41. The van der Waals surface area contributed by atoms with Crippen molar-refractivity contribution < 1.29 is 4.79 Å². The first-order valence-corrected chi connectivity index (χ1v) is 11.8. The minimum Gasteiger partial charge on any atom is -0.349 e. The minimum absolute atomic E-state index is 0.0136. The lowest BCUT2D eigenvalue weighted by Crippen LogP contribution is -2.28. The second kappa shape index (κ2) is 11.1. The molecule has 3 aromatic rings. The molecule has 0 aliphatic heterocycles. The molecule has 0 radical (unpaired) electrons. The lowest BCUT2D eigenvalue weighted by molar-refractivity contribution is -0.119. The lowest BCUT2D eigenvalue weighted by atomic mass is 10.00. The van der Waals surface area contributed by atoms with Crippen LogP contribution in [0.4, 0.5) is 0 Å². The van der Waals surface area contributed by atoms with Crippen molar-refractivity contribution in [2.24, 2.45) is 5.92 Å². The van der Waals surface area contributed by atoms with Crippen LogP contribution >= 0.6 is 11.8 Å². The fourth-order valence-electron chi connectivity index (χ4n) is 3.45. The predicted molar refractivity (Wildman–Crippen MR) is 126 cm³/mol. The van der Waals surface area contributed by atoms with Gasteiger partial charge in [0.25, 0.3) is 0 Å². The first kappa shape index (κ1) is 23.0. The molecule has 1 amide bonds. The summed E-state index contributed by atoms with van der Waals surface area (Å²) >= 11 is 1.42. The van der Waals surface area contributed by atoms with E-state index in [1.54, 1.807) is 12.4 Å². The monoisotopic (exact) mass is 437 g/mol. The molecule has 2 aromatic heterocycles. The van der Waals surface area contributed by atoms with Crippen LogP contribution in [0.3, 0.4) is 0 Å². The third kappa shape index (κ3) is 6.40. The van der Waals surface area contributed by atoms with Gasteiger partial charge in [0, 0.05) is 24.5 Å². The van der Waals surface area contributed by atoms with E-state index >= 15 is 0 Å². The van der Waals surface area contributed by atoms with Gasteiger partial charge in [-0.05, 0) is 48.9 Å². The van der Waals surface area contributed by atoms with E-state index < -0.39 is 0 Å². The molecule has 31 heavy (non-hydrogen) atoms. The average Bonchev–Trinajstić information content (AvgIpc) is 3.16. The van der Waals surface area contributed by atoms with Crippen molar-refractivity contribution in [2.75, 3.05) is 5.75 Å². The highest BCUT2D eigenvalue weighted by atomic mass is 32.2. The van der Waals surface area contributed by atoms with Crippen LogP contribution in [0.25, 0.3) is 11.4 Å². The van der Waals surface area contributed by atoms with E-state index in [2.05, 4.69) is 70.1 Å². The van der Waals surface area contributed by atoms with Crippen LogP contribution in [0, 0.1) is 5.92 Å². The first-order valence-electron chi connectivity index (χ1n) is 10.8. The molecule has 3 rings (SSSR count). The number of carbonyl (C=O) groups excluding carboxylic acids is 1. The molecule has 1 N–H and O–H groups in total. The van der Waals surface area contributed by atoms with Crippen LogP contribution in [-0.4, -0.2) is 31.4 Å². The zero-order chi connectivity index (χ0) is 22.2. The van der Waals surface area contributed by atoms with Gasteiger partial charge in [-0.1, -0.05) is 56.8 Å². The molecule has 0 spiro atoms. The maximum atomic E-state index is 12.6. The van der Waals surface area contributed by atoms with Gasteiger partial charge >= 0.3 is 0 Å². The smallest absolute Gasteiger partial charge is 0.230 e. The molecule has 2 heterocycles. The van der Waals surface area contributed by atoms with E-state index in [1.165, 1.54) is 17.3 Å². The molecule has 6 nitrogen and oxygen atoms in total. The topological polar surface area (TPSA) is 72.7 Å². The Morgan fingerprint density at radius 1 is 1.06 bits per heavy atom. The largest absolute Gasteiger partial charge is 0.349 e. The van der Waals surface area contributed by atoms with E-state index in [-0.39, 0.29) is 11.9 Å². The number of nitrogens with one attached hydrogen (secondary N) is 1. The molecule has 1 aromatic carbocycles. The van der Waals surface area contributed by atoms with Gasteiger partial charge in [0.2, 0.25) is 5.91 Å². The summed E-state index contributed by atoms with van der Waals surface area (Å²) < 4.78 is 2.07. The zero-order valence-corrected chi connectivity index (χ0v) is 19.5. The molecule has 1 unspecified atom stereocenters. The lowest BCUT2D eigenvalue weighted by Gasteiger charge is -2.15. The molecule has 0 fully saturated rings. The zero-order valence-electron chi connectivity index (χ0n) is 18.7. The maximum absolute atomic E-state index is 12.6. The van der Waals surface area contributed by atoms with E-state index in [0.29, 0.717) is 11.7 Å². The Balaban J connectivity index is 1.60. The van der Waals surface area contributed by atoms with Crippen LogP contribution in [-0.2, 0) is 17.8 Å². The number of pyridine rings is 1. The number of amides is 1. The summed E-state index contributed by atoms with van der Waals surface area (Å²) in [6, 6.07) is 12.3. The highest BCUT2D eigenvalue weighted by molar-refractivity contribution is 7.99. The highest BCUT2D eigenvalue weighted by Crippen LogP contribution is 2.24. The van der Waals surface area contributed by atoms with E-state index in [4.69, 9.17) is 0 Å². The van der Waals surface area contributed by atoms with Gasteiger partial charge in [0.15, 0.2) is 11.0 Å². The van der Waals surface area contributed by atoms with Crippen molar-refractivity contribution in [1.29, 1.82) is 0 Å². The fourth-order valence-corrected chi connectivity index (χ4v) is 4.22. The van der Waals surface area contributed by atoms with Crippen LogP contribution in [0.2, 0.25) is 0 Å². The number of hydrogen-bond acceptors (Lipinski definition) is 5. The normalized spacial score (nSPS) is 12.2. The Labute approximate surface area is 188 Å². The Morgan fingerprint density at radius 2 is 1.77 bits per heavy atom. The summed E-state index contributed by atoms with van der Waals surface area (Å²) in [7, 11) is 0. The molecule has 0 aliphatic carbocycles. The summed E-state index contributed by atoms with van der Waals surface area (Å²) in [6.07, 6.45) is 5.52. The van der Waals surface area contributed by atoms with Crippen molar-refractivity contribution in [1.82, 2.24) is 25.1 Å². The van der Waals surface area contributed by atoms with Crippen molar-refractivity contribution >= 4 is 17.7 Å².